The van der Waals surface area contributed by atoms with E-state index in [1.165, 1.54) is 32.1 Å². The second-order valence-electron chi connectivity index (χ2n) is 6.55. The number of methoxy groups -OCH3 is 1. The molecule has 2 rings (SSSR count). The van der Waals surface area contributed by atoms with Crippen molar-refractivity contribution in [2.45, 2.75) is 51.6 Å². The van der Waals surface area contributed by atoms with Crippen LogP contribution in [0.4, 0.5) is 5.69 Å². The fourth-order valence-electron chi connectivity index (χ4n) is 3.29. The first-order valence-corrected chi connectivity index (χ1v) is 9.22. The van der Waals surface area contributed by atoms with Crippen LogP contribution in [0.25, 0.3) is 0 Å². The second kappa shape index (κ2) is 8.88. The summed E-state index contributed by atoms with van der Waals surface area (Å²) < 4.78 is 4.75. The zero-order valence-electron chi connectivity index (χ0n) is 14.8. The molecule has 0 radical (unpaired) electrons. The third-order valence-electron chi connectivity index (χ3n) is 4.51. The van der Waals surface area contributed by atoms with Gasteiger partial charge < -0.3 is 10.1 Å². The number of carbonyl (C=O) groups is 2. The Morgan fingerprint density at radius 2 is 1.92 bits per heavy atom. The lowest BCUT2D eigenvalue weighted by Gasteiger charge is -2.32. The van der Waals surface area contributed by atoms with Crippen LogP contribution >= 0.6 is 23.2 Å². The van der Waals surface area contributed by atoms with Crippen molar-refractivity contribution in [2.75, 3.05) is 19.0 Å². The summed E-state index contributed by atoms with van der Waals surface area (Å²) in [7, 11) is 1.27. The molecule has 0 aliphatic heterocycles. The van der Waals surface area contributed by atoms with Crippen LogP contribution in [0.1, 0.15) is 49.9 Å². The van der Waals surface area contributed by atoms with E-state index in [4.69, 9.17) is 27.9 Å². The highest BCUT2D eigenvalue weighted by Crippen LogP contribution is 2.31. The van der Waals surface area contributed by atoms with Gasteiger partial charge in [0.25, 0.3) is 0 Å². The van der Waals surface area contributed by atoms with Gasteiger partial charge in [-0.1, -0.05) is 36.0 Å². The molecule has 1 N–H and O–H groups in total. The first-order valence-electron chi connectivity index (χ1n) is 8.46. The van der Waals surface area contributed by atoms with E-state index in [9.17, 15) is 9.59 Å². The number of nitrogens with zero attached hydrogens (tertiary/aromatic N) is 1. The summed E-state index contributed by atoms with van der Waals surface area (Å²) >= 11 is 12.1. The van der Waals surface area contributed by atoms with Crippen molar-refractivity contribution >= 4 is 40.8 Å². The average molecular weight is 387 g/mol. The first-order chi connectivity index (χ1) is 11.8. The van der Waals surface area contributed by atoms with Crippen LogP contribution < -0.4 is 5.32 Å². The van der Waals surface area contributed by atoms with Gasteiger partial charge in [-0.2, -0.15) is 0 Å². The standard InChI is InChI=1S/C18H24Cl2N2O3/c1-11(2)22(13-6-4-5-7-13)10-16(23)21-17-14(18(24)25-3)8-12(19)9-15(17)20/h8-9,11,13H,4-7,10H2,1-3H3,(H,21,23). The largest absolute Gasteiger partial charge is 0.465 e. The third kappa shape index (κ3) is 5.09. The summed E-state index contributed by atoms with van der Waals surface area (Å²) in [6, 6.07) is 3.61. The van der Waals surface area contributed by atoms with Crippen LogP contribution in [0, 0.1) is 0 Å². The maximum atomic E-state index is 12.6. The Hall–Kier alpha value is -1.30. The van der Waals surface area contributed by atoms with E-state index in [1.54, 1.807) is 0 Å². The van der Waals surface area contributed by atoms with Crippen molar-refractivity contribution in [1.82, 2.24) is 4.90 Å². The number of hydrogen-bond donors (Lipinski definition) is 1. The van der Waals surface area contributed by atoms with Gasteiger partial charge in [0.05, 0.1) is 29.9 Å². The number of halogens is 2. The van der Waals surface area contributed by atoms with Gasteiger partial charge in [0.2, 0.25) is 5.91 Å². The molecule has 0 saturated heterocycles. The van der Waals surface area contributed by atoms with E-state index >= 15 is 0 Å². The molecule has 0 spiro atoms. The molecule has 1 amide bonds. The minimum absolute atomic E-state index is 0.144. The monoisotopic (exact) mass is 386 g/mol. The lowest BCUT2D eigenvalue weighted by Crippen LogP contribution is -2.44. The topological polar surface area (TPSA) is 58.6 Å². The molecule has 0 aromatic heterocycles. The van der Waals surface area contributed by atoms with Crippen molar-refractivity contribution in [1.29, 1.82) is 0 Å². The van der Waals surface area contributed by atoms with Crippen LogP contribution in [0.3, 0.4) is 0 Å². The Bertz CT molecular complexity index is 643. The highest BCUT2D eigenvalue weighted by Gasteiger charge is 2.27. The summed E-state index contributed by atoms with van der Waals surface area (Å²) in [6.07, 6.45) is 4.62. The van der Waals surface area contributed by atoms with Gasteiger partial charge in [-0.15, -0.1) is 0 Å². The molecule has 0 atom stereocenters. The van der Waals surface area contributed by atoms with Crippen LogP contribution in [-0.4, -0.2) is 42.5 Å². The fourth-order valence-corrected chi connectivity index (χ4v) is 3.83. The van der Waals surface area contributed by atoms with E-state index in [2.05, 4.69) is 24.1 Å². The molecule has 25 heavy (non-hydrogen) atoms. The number of carbonyl (C=O) groups excluding carboxylic acids is 2. The maximum Gasteiger partial charge on any atom is 0.340 e. The molecule has 1 aliphatic rings. The van der Waals surface area contributed by atoms with E-state index < -0.39 is 5.97 Å². The molecule has 0 heterocycles. The highest BCUT2D eigenvalue weighted by atomic mass is 35.5. The lowest BCUT2D eigenvalue weighted by atomic mass is 10.1. The molecule has 138 valence electrons. The predicted octanol–water partition coefficient (Wildman–Crippen LogP) is 4.37. The summed E-state index contributed by atoms with van der Waals surface area (Å²) in [5, 5.41) is 3.27. The highest BCUT2D eigenvalue weighted by molar-refractivity contribution is 6.37. The Kier molecular flexibility index (Phi) is 7.11. The van der Waals surface area contributed by atoms with Crippen LogP contribution in [-0.2, 0) is 9.53 Å². The summed E-state index contributed by atoms with van der Waals surface area (Å²) in [5.41, 5.74) is 0.378. The lowest BCUT2D eigenvalue weighted by molar-refractivity contribution is -0.118. The molecule has 1 aromatic rings. The van der Waals surface area contributed by atoms with Gasteiger partial charge in [0.15, 0.2) is 0 Å². The molecule has 1 aromatic carbocycles. The minimum atomic E-state index is -0.601. The molecule has 5 nitrogen and oxygen atoms in total. The molecule has 0 unspecified atom stereocenters. The summed E-state index contributed by atoms with van der Waals surface area (Å²) in [5.74, 6) is -0.814. The normalized spacial score (nSPS) is 15.0. The van der Waals surface area contributed by atoms with Crippen LogP contribution in [0.5, 0.6) is 0 Å². The SMILES string of the molecule is COC(=O)c1cc(Cl)cc(Cl)c1NC(=O)CN(C(C)C)C1CCCC1. The molecule has 7 heteroatoms. The Morgan fingerprint density at radius 1 is 1.28 bits per heavy atom. The number of hydrogen-bond acceptors (Lipinski definition) is 4. The van der Waals surface area contributed by atoms with Crippen molar-refractivity contribution in [3.05, 3.63) is 27.7 Å². The fraction of sp³-hybridized carbons (Fsp3) is 0.556. The van der Waals surface area contributed by atoms with Crippen molar-refractivity contribution in [2.24, 2.45) is 0 Å². The number of anilines is 1. The van der Waals surface area contributed by atoms with Crippen molar-refractivity contribution < 1.29 is 14.3 Å². The molecule has 1 saturated carbocycles. The van der Waals surface area contributed by atoms with Crippen molar-refractivity contribution in [3.8, 4) is 0 Å². The van der Waals surface area contributed by atoms with Crippen molar-refractivity contribution in [3.63, 3.8) is 0 Å². The van der Waals surface area contributed by atoms with E-state index in [0.717, 1.165) is 12.8 Å². The summed E-state index contributed by atoms with van der Waals surface area (Å²) in [6.45, 7) is 4.42. The number of nitrogens with one attached hydrogen (secondary N) is 1. The second-order valence-corrected chi connectivity index (χ2v) is 7.40. The Morgan fingerprint density at radius 3 is 2.48 bits per heavy atom. The van der Waals surface area contributed by atoms with Gasteiger partial charge in [-0.05, 0) is 38.8 Å². The Labute approximate surface area is 158 Å². The molecule has 0 bridgehead atoms. The maximum absolute atomic E-state index is 12.6. The minimum Gasteiger partial charge on any atom is -0.465 e. The molecular weight excluding hydrogens is 363 g/mol. The zero-order chi connectivity index (χ0) is 18.6. The van der Waals surface area contributed by atoms with Gasteiger partial charge >= 0.3 is 5.97 Å². The first kappa shape index (κ1) is 20.0. The van der Waals surface area contributed by atoms with Gasteiger partial charge in [-0.25, -0.2) is 4.79 Å². The number of amides is 1. The predicted molar refractivity (Wildman–Crippen MR) is 101 cm³/mol. The van der Waals surface area contributed by atoms with Gasteiger partial charge in [-0.3, -0.25) is 9.69 Å². The van der Waals surface area contributed by atoms with Crippen LogP contribution in [0.15, 0.2) is 12.1 Å². The number of ether oxygens (including phenoxy) is 1. The number of esters is 1. The Balaban J connectivity index is 2.17. The van der Waals surface area contributed by atoms with Gasteiger partial charge in [0, 0.05) is 17.1 Å². The zero-order valence-corrected chi connectivity index (χ0v) is 16.3. The van der Waals surface area contributed by atoms with Gasteiger partial charge in [0.1, 0.15) is 0 Å². The molecular formula is C18H24Cl2N2O3. The summed E-state index contributed by atoms with van der Waals surface area (Å²) in [4.78, 5) is 26.7. The van der Waals surface area contributed by atoms with E-state index in [1.807, 2.05) is 0 Å². The average Bonchev–Trinajstić information content (AvgIpc) is 3.07. The number of benzene rings is 1. The van der Waals surface area contributed by atoms with E-state index in [0.29, 0.717) is 11.1 Å². The third-order valence-corrected chi connectivity index (χ3v) is 5.02. The van der Waals surface area contributed by atoms with Crippen LogP contribution in [0.2, 0.25) is 10.0 Å². The molecule has 1 aliphatic carbocycles. The van der Waals surface area contributed by atoms with E-state index in [-0.39, 0.29) is 34.8 Å². The smallest absolute Gasteiger partial charge is 0.340 e. The quantitative estimate of drug-likeness (QED) is 0.737. The molecule has 1 fully saturated rings. The number of rotatable bonds is 6.